The fourth-order valence-electron chi connectivity index (χ4n) is 1.50. The van der Waals surface area contributed by atoms with Crippen LogP contribution in [-0.4, -0.2) is 11.2 Å². The molecule has 0 atom stereocenters. The predicted molar refractivity (Wildman–Crippen MR) is 51.6 cm³/mol. The van der Waals surface area contributed by atoms with Gasteiger partial charge in [-0.25, -0.2) is 4.79 Å². The summed E-state index contributed by atoms with van der Waals surface area (Å²) in [6.45, 7) is 0. The maximum Gasteiger partial charge on any atom is 0.250 e. The zero-order chi connectivity index (χ0) is 10.3. The number of rotatable bonds is 1. The molecule has 0 fully saturated rings. The normalized spacial score (nSPS) is 10.7. The fourth-order valence-corrected chi connectivity index (χ4v) is 1.50. The Morgan fingerprint density at radius 3 is 3.00 bits per heavy atom. The van der Waals surface area contributed by atoms with Crippen molar-refractivity contribution in [3.8, 4) is 0 Å². The first-order valence-electron chi connectivity index (χ1n) is 4.25. The van der Waals surface area contributed by atoms with Gasteiger partial charge in [0.25, 0.3) is 5.82 Å². The summed E-state index contributed by atoms with van der Waals surface area (Å²) in [7, 11) is 0. The summed E-state index contributed by atoms with van der Waals surface area (Å²) in [6.07, 6.45) is 1.40. The summed E-state index contributed by atoms with van der Waals surface area (Å²) in [5.74, 6) is 0.121. The number of hydrogen-bond donors (Lipinski definition) is 0. The van der Waals surface area contributed by atoms with E-state index in [9.17, 15) is 4.79 Å². The molecule has 0 N–H and O–H groups in total. The van der Waals surface area contributed by atoms with Crippen molar-refractivity contribution in [2.24, 2.45) is 4.99 Å². The predicted octanol–water partition coefficient (Wildman–Crippen LogP) is 2.54. The van der Waals surface area contributed by atoms with Crippen LogP contribution in [0.5, 0.6) is 0 Å². The molecule has 72 valence electrons. The molecular formula is C10H4N2O3. The largest absolute Gasteiger partial charge is 0.448 e. The maximum atomic E-state index is 10.1. The van der Waals surface area contributed by atoms with Crippen molar-refractivity contribution in [1.29, 1.82) is 0 Å². The Morgan fingerprint density at radius 2 is 2.13 bits per heavy atom. The molecule has 0 spiro atoms. The highest BCUT2D eigenvalue weighted by molar-refractivity contribution is 6.04. The Kier molecular flexibility index (Phi) is 1.49. The summed E-state index contributed by atoms with van der Waals surface area (Å²) < 4.78 is 10.5. The summed E-state index contributed by atoms with van der Waals surface area (Å²) in [5.41, 5.74) is 1.55. The topological polar surface area (TPSA) is 68.6 Å². The van der Waals surface area contributed by atoms with Gasteiger partial charge in [-0.2, -0.15) is 0 Å². The molecule has 2 heterocycles. The lowest BCUT2D eigenvalue weighted by molar-refractivity contribution is 0.461. The standard InChI is InChI=1S/C10H4N2O3/c13-5-11-10-9-8(15-12-10)6-3-1-2-4-7(6)14-9/h1-4H. The minimum absolute atomic E-state index is 0.121. The Bertz CT molecular complexity index is 689. The second kappa shape index (κ2) is 2.80. The average Bonchev–Trinajstić information content (AvgIpc) is 2.79. The molecule has 0 radical (unpaired) electrons. The first kappa shape index (κ1) is 7.96. The molecule has 0 saturated carbocycles. The van der Waals surface area contributed by atoms with Crippen molar-refractivity contribution in [2.45, 2.75) is 0 Å². The molecule has 0 unspecified atom stereocenters. The molecule has 2 aromatic heterocycles. The highest BCUT2D eigenvalue weighted by atomic mass is 16.5. The molecule has 3 rings (SSSR count). The van der Waals surface area contributed by atoms with Crippen molar-refractivity contribution in [1.82, 2.24) is 5.16 Å². The average molecular weight is 200 g/mol. The number of para-hydroxylation sites is 1. The maximum absolute atomic E-state index is 10.1. The molecule has 5 heteroatoms. The Morgan fingerprint density at radius 1 is 1.27 bits per heavy atom. The van der Waals surface area contributed by atoms with Crippen LogP contribution in [0, 0.1) is 0 Å². The van der Waals surface area contributed by atoms with Gasteiger partial charge in [0, 0.05) is 0 Å². The summed E-state index contributed by atoms with van der Waals surface area (Å²) in [5, 5.41) is 4.41. The van der Waals surface area contributed by atoms with Crippen LogP contribution < -0.4 is 0 Å². The molecule has 5 nitrogen and oxygen atoms in total. The van der Waals surface area contributed by atoms with Crippen molar-refractivity contribution < 1.29 is 13.7 Å². The second-order valence-corrected chi connectivity index (χ2v) is 2.97. The Labute approximate surface area is 83.0 Å². The number of aliphatic imine (C=N–C) groups is 1. The van der Waals surface area contributed by atoms with Crippen LogP contribution in [0.15, 0.2) is 38.2 Å². The fraction of sp³-hybridized carbons (Fsp3) is 0. The lowest BCUT2D eigenvalue weighted by Gasteiger charge is -1.83. The van der Waals surface area contributed by atoms with Crippen LogP contribution in [0.4, 0.5) is 5.82 Å². The number of hydrogen-bond acceptors (Lipinski definition) is 5. The minimum atomic E-state index is 0.121. The SMILES string of the molecule is O=C=Nc1noc2c1oc1ccccc12. The van der Waals surface area contributed by atoms with Crippen LogP contribution in [0.25, 0.3) is 22.1 Å². The monoisotopic (exact) mass is 200 g/mol. The molecule has 3 aromatic rings. The van der Waals surface area contributed by atoms with E-state index in [0.29, 0.717) is 16.7 Å². The summed E-state index contributed by atoms with van der Waals surface area (Å²) >= 11 is 0. The number of furan rings is 1. The van der Waals surface area contributed by atoms with Crippen LogP contribution in [0.2, 0.25) is 0 Å². The molecule has 0 aliphatic heterocycles. The molecule has 1 aromatic carbocycles. The van der Waals surface area contributed by atoms with Gasteiger partial charge in [0.15, 0.2) is 0 Å². The van der Waals surface area contributed by atoms with E-state index in [1.54, 1.807) is 6.07 Å². The van der Waals surface area contributed by atoms with Gasteiger partial charge in [-0.05, 0) is 12.1 Å². The van der Waals surface area contributed by atoms with Crippen LogP contribution >= 0.6 is 0 Å². The number of carbonyl (C=O) groups excluding carboxylic acids is 1. The van der Waals surface area contributed by atoms with E-state index >= 15 is 0 Å². The van der Waals surface area contributed by atoms with Crippen LogP contribution in [-0.2, 0) is 4.79 Å². The zero-order valence-electron chi connectivity index (χ0n) is 7.43. The second-order valence-electron chi connectivity index (χ2n) is 2.97. The third kappa shape index (κ3) is 1.01. The van der Waals surface area contributed by atoms with Gasteiger partial charge in [-0.3, -0.25) is 0 Å². The number of fused-ring (bicyclic) bond motifs is 3. The Balaban J connectivity index is 2.49. The molecule has 0 bridgehead atoms. The van der Waals surface area contributed by atoms with Gasteiger partial charge in [-0.1, -0.05) is 17.3 Å². The van der Waals surface area contributed by atoms with Crippen molar-refractivity contribution in [3.63, 3.8) is 0 Å². The molecule has 0 amide bonds. The van der Waals surface area contributed by atoms with Crippen molar-refractivity contribution >= 4 is 34.0 Å². The van der Waals surface area contributed by atoms with Gasteiger partial charge in [0.05, 0.1) is 5.39 Å². The van der Waals surface area contributed by atoms with E-state index < -0.39 is 0 Å². The summed E-state index contributed by atoms with van der Waals surface area (Å²) in [6, 6.07) is 7.36. The number of aromatic nitrogens is 1. The quantitative estimate of drug-likeness (QED) is 0.447. The number of benzene rings is 1. The first-order chi connectivity index (χ1) is 7.40. The third-order valence-corrected chi connectivity index (χ3v) is 2.13. The first-order valence-corrected chi connectivity index (χ1v) is 4.25. The molecule has 15 heavy (non-hydrogen) atoms. The molecule has 0 aliphatic carbocycles. The molecule has 0 saturated heterocycles. The van der Waals surface area contributed by atoms with Gasteiger partial charge < -0.3 is 8.94 Å². The van der Waals surface area contributed by atoms with Gasteiger partial charge in [0.1, 0.15) is 5.58 Å². The van der Waals surface area contributed by atoms with E-state index in [2.05, 4.69) is 10.1 Å². The molecule has 0 aliphatic rings. The van der Waals surface area contributed by atoms with E-state index in [1.165, 1.54) is 6.08 Å². The molecular weight excluding hydrogens is 196 g/mol. The van der Waals surface area contributed by atoms with Crippen LogP contribution in [0.1, 0.15) is 0 Å². The van der Waals surface area contributed by atoms with Crippen molar-refractivity contribution in [3.05, 3.63) is 24.3 Å². The van der Waals surface area contributed by atoms with E-state index in [0.717, 1.165) is 5.39 Å². The zero-order valence-corrected chi connectivity index (χ0v) is 7.43. The highest BCUT2D eigenvalue weighted by Crippen LogP contribution is 2.33. The highest BCUT2D eigenvalue weighted by Gasteiger charge is 2.15. The van der Waals surface area contributed by atoms with Gasteiger partial charge in [0.2, 0.25) is 17.2 Å². The van der Waals surface area contributed by atoms with Gasteiger partial charge >= 0.3 is 0 Å². The van der Waals surface area contributed by atoms with Crippen LogP contribution in [0.3, 0.4) is 0 Å². The van der Waals surface area contributed by atoms with E-state index in [4.69, 9.17) is 8.94 Å². The lowest BCUT2D eigenvalue weighted by Crippen LogP contribution is -1.62. The number of isocyanates is 1. The lowest BCUT2D eigenvalue weighted by atomic mass is 10.2. The third-order valence-electron chi connectivity index (χ3n) is 2.13. The van der Waals surface area contributed by atoms with Gasteiger partial charge in [-0.15, -0.1) is 4.99 Å². The number of nitrogens with zero attached hydrogens (tertiary/aromatic N) is 2. The smallest absolute Gasteiger partial charge is 0.250 e. The minimum Gasteiger partial charge on any atom is -0.448 e. The Hall–Kier alpha value is -2.39. The van der Waals surface area contributed by atoms with E-state index in [1.807, 2.05) is 18.2 Å². The van der Waals surface area contributed by atoms with E-state index in [-0.39, 0.29) is 5.82 Å². The summed E-state index contributed by atoms with van der Waals surface area (Å²) in [4.78, 5) is 13.5. The van der Waals surface area contributed by atoms with Crippen molar-refractivity contribution in [2.75, 3.05) is 0 Å².